The van der Waals surface area contributed by atoms with Crippen LogP contribution in [0.5, 0.6) is 0 Å². The van der Waals surface area contributed by atoms with Crippen LogP contribution in [0.15, 0.2) is 24.3 Å². The van der Waals surface area contributed by atoms with Crippen molar-refractivity contribution in [2.24, 2.45) is 23.7 Å². The Morgan fingerprint density at radius 2 is 1.81 bits per heavy atom. The average molecular weight is 432 g/mol. The maximum atomic E-state index is 12.9. The molecule has 1 aliphatic carbocycles. The molecule has 3 unspecified atom stereocenters. The summed E-state index contributed by atoms with van der Waals surface area (Å²) in [6.45, 7) is 6.05. The first-order chi connectivity index (χ1) is 14.7. The second-order valence-corrected chi connectivity index (χ2v) is 9.53. The third-order valence-corrected chi connectivity index (χ3v) is 7.70. The van der Waals surface area contributed by atoms with Gasteiger partial charge in [-0.1, -0.05) is 26.0 Å². The van der Waals surface area contributed by atoms with Crippen molar-refractivity contribution in [2.45, 2.75) is 70.4 Å². The SMILES string of the molecule is C[C@@H]1CCC2[C@@H](C)[C@@H](OC(=O)c3ccccc3C(=O)O)OC3O[C@]4(C)CCC1[C@]32OO4. The first-order valence-electron chi connectivity index (χ1n) is 11.0. The van der Waals surface area contributed by atoms with Gasteiger partial charge in [0.25, 0.3) is 0 Å². The van der Waals surface area contributed by atoms with Crippen LogP contribution < -0.4 is 0 Å². The Hall–Kier alpha value is -2.00. The van der Waals surface area contributed by atoms with Crippen LogP contribution in [0.3, 0.4) is 0 Å². The molecule has 8 heteroatoms. The molecule has 5 aliphatic rings. The summed E-state index contributed by atoms with van der Waals surface area (Å²) < 4.78 is 18.2. The number of carboxylic acids is 1. The highest BCUT2D eigenvalue weighted by Crippen LogP contribution is 2.60. The minimum atomic E-state index is -1.18. The zero-order valence-corrected chi connectivity index (χ0v) is 17.9. The van der Waals surface area contributed by atoms with Crippen molar-refractivity contribution < 1.29 is 38.7 Å². The van der Waals surface area contributed by atoms with Gasteiger partial charge in [-0.3, -0.25) is 0 Å². The predicted octanol–water partition coefficient (Wildman–Crippen LogP) is 3.75. The molecule has 2 bridgehead atoms. The van der Waals surface area contributed by atoms with E-state index in [4.69, 9.17) is 24.0 Å². The van der Waals surface area contributed by atoms with E-state index in [2.05, 4.69) is 6.92 Å². The number of fused-ring (bicyclic) bond motifs is 2. The number of carbonyl (C=O) groups excluding carboxylic acids is 1. The predicted molar refractivity (Wildman–Crippen MR) is 106 cm³/mol. The van der Waals surface area contributed by atoms with E-state index in [1.807, 2.05) is 13.8 Å². The van der Waals surface area contributed by atoms with Gasteiger partial charge in [0.05, 0.1) is 11.1 Å². The van der Waals surface area contributed by atoms with Crippen molar-refractivity contribution in [2.75, 3.05) is 0 Å². The first kappa shape index (κ1) is 20.9. The summed E-state index contributed by atoms with van der Waals surface area (Å²) in [5, 5.41) is 9.41. The summed E-state index contributed by atoms with van der Waals surface area (Å²) in [5.74, 6) is -2.34. The summed E-state index contributed by atoms with van der Waals surface area (Å²) in [7, 11) is 0. The molecule has 0 aromatic heterocycles. The molecule has 4 aliphatic heterocycles. The Morgan fingerprint density at radius 1 is 1.06 bits per heavy atom. The average Bonchev–Trinajstić information content (AvgIpc) is 2.97. The van der Waals surface area contributed by atoms with E-state index in [0.717, 1.165) is 19.3 Å². The summed E-state index contributed by atoms with van der Waals surface area (Å²) in [6.07, 6.45) is 1.92. The Kier molecular flexibility index (Phi) is 4.89. The monoisotopic (exact) mass is 432 g/mol. The van der Waals surface area contributed by atoms with Gasteiger partial charge in [0.15, 0.2) is 11.9 Å². The standard InChI is InChI=1S/C23H28O8/c1-12-8-9-17-13(2)20(27-19(26)15-7-5-4-6-14(15)18(24)25)28-21-23(17)16(12)10-11-22(3,29-21)30-31-23/h4-7,12-13,16-17,20-21H,8-11H2,1-3H3,(H,24,25)/t12-,13-,16?,17?,20+,21?,22+,23-/m1/s1. The first-order valence-corrected chi connectivity index (χ1v) is 11.0. The Bertz CT molecular complexity index is 901. The molecule has 4 heterocycles. The molecule has 4 saturated heterocycles. The van der Waals surface area contributed by atoms with Gasteiger partial charge in [0, 0.05) is 18.3 Å². The topological polar surface area (TPSA) is 101 Å². The Balaban J connectivity index is 1.45. The van der Waals surface area contributed by atoms with Crippen LogP contribution in [0.25, 0.3) is 0 Å². The fraction of sp³-hybridized carbons (Fsp3) is 0.652. The van der Waals surface area contributed by atoms with Crippen molar-refractivity contribution >= 4 is 11.9 Å². The molecule has 1 spiro atoms. The van der Waals surface area contributed by atoms with Gasteiger partial charge >= 0.3 is 11.9 Å². The lowest BCUT2D eigenvalue weighted by atomic mass is 9.58. The normalized spacial score (nSPS) is 43.6. The highest BCUT2D eigenvalue weighted by atomic mass is 17.3. The molecule has 1 saturated carbocycles. The van der Waals surface area contributed by atoms with Gasteiger partial charge in [0.1, 0.15) is 0 Å². The molecule has 1 aromatic rings. The number of hydrogen-bond donors (Lipinski definition) is 1. The summed E-state index contributed by atoms with van der Waals surface area (Å²) in [6, 6.07) is 6.00. The summed E-state index contributed by atoms with van der Waals surface area (Å²) in [4.78, 5) is 36.3. The quantitative estimate of drug-likeness (QED) is 0.569. The fourth-order valence-electron chi connectivity index (χ4n) is 6.02. The molecule has 31 heavy (non-hydrogen) atoms. The maximum absolute atomic E-state index is 12.9. The lowest BCUT2D eigenvalue weighted by molar-refractivity contribution is -0.576. The molecule has 0 amide bonds. The summed E-state index contributed by atoms with van der Waals surface area (Å²) >= 11 is 0. The molecular weight excluding hydrogens is 404 g/mol. The third kappa shape index (κ3) is 3.11. The van der Waals surface area contributed by atoms with Gasteiger partial charge < -0.3 is 19.3 Å². The number of rotatable bonds is 3. The lowest BCUT2D eigenvalue weighted by Gasteiger charge is -2.59. The highest BCUT2D eigenvalue weighted by Gasteiger charge is 2.69. The molecule has 1 aromatic carbocycles. The number of aromatic carboxylic acids is 1. The van der Waals surface area contributed by atoms with Gasteiger partial charge in [-0.15, -0.1) is 0 Å². The van der Waals surface area contributed by atoms with Gasteiger partial charge in [-0.05, 0) is 50.2 Å². The van der Waals surface area contributed by atoms with Gasteiger partial charge in [0.2, 0.25) is 12.1 Å². The molecule has 5 fully saturated rings. The minimum absolute atomic E-state index is 0.00363. The number of carbonyl (C=O) groups is 2. The van der Waals surface area contributed by atoms with E-state index >= 15 is 0 Å². The second kappa shape index (κ2) is 7.27. The van der Waals surface area contributed by atoms with Crippen LogP contribution >= 0.6 is 0 Å². The number of carboxylic acid groups (broad SMARTS) is 1. The zero-order valence-electron chi connectivity index (χ0n) is 17.9. The van der Waals surface area contributed by atoms with Crippen molar-refractivity contribution in [3.8, 4) is 0 Å². The zero-order chi connectivity index (χ0) is 22.0. The molecule has 1 N–H and O–H groups in total. The number of ether oxygens (including phenoxy) is 3. The van der Waals surface area contributed by atoms with Crippen molar-refractivity contribution in [1.29, 1.82) is 0 Å². The van der Waals surface area contributed by atoms with E-state index in [-0.39, 0.29) is 28.9 Å². The van der Waals surface area contributed by atoms with Crippen LogP contribution in [0.1, 0.15) is 67.2 Å². The number of hydrogen-bond acceptors (Lipinski definition) is 7. The van der Waals surface area contributed by atoms with Crippen LogP contribution in [0.2, 0.25) is 0 Å². The maximum Gasteiger partial charge on any atom is 0.341 e. The molecule has 8 atom stereocenters. The number of esters is 1. The lowest BCUT2D eigenvalue weighted by Crippen LogP contribution is -2.70. The third-order valence-electron chi connectivity index (χ3n) is 7.70. The van der Waals surface area contributed by atoms with E-state index in [1.54, 1.807) is 12.1 Å². The van der Waals surface area contributed by atoms with Crippen molar-refractivity contribution in [3.05, 3.63) is 35.4 Å². The molecule has 0 radical (unpaired) electrons. The van der Waals surface area contributed by atoms with Crippen LogP contribution in [0.4, 0.5) is 0 Å². The largest absolute Gasteiger partial charge is 0.478 e. The molecule has 6 rings (SSSR count). The minimum Gasteiger partial charge on any atom is -0.478 e. The van der Waals surface area contributed by atoms with Crippen molar-refractivity contribution in [3.63, 3.8) is 0 Å². The van der Waals surface area contributed by atoms with Crippen molar-refractivity contribution in [1.82, 2.24) is 0 Å². The smallest absolute Gasteiger partial charge is 0.341 e. The van der Waals surface area contributed by atoms with E-state index in [1.165, 1.54) is 12.1 Å². The Labute approximate surface area is 180 Å². The molecular formula is C23H28O8. The molecule has 8 nitrogen and oxygen atoms in total. The second-order valence-electron chi connectivity index (χ2n) is 9.53. The van der Waals surface area contributed by atoms with Crippen LogP contribution in [0, 0.1) is 23.7 Å². The Morgan fingerprint density at radius 3 is 2.55 bits per heavy atom. The fourth-order valence-corrected chi connectivity index (χ4v) is 6.02. The molecule has 168 valence electrons. The van der Waals surface area contributed by atoms with E-state index < -0.39 is 35.9 Å². The van der Waals surface area contributed by atoms with Crippen LogP contribution in [-0.4, -0.2) is 41.0 Å². The van der Waals surface area contributed by atoms with Gasteiger partial charge in [-0.2, -0.15) is 0 Å². The van der Waals surface area contributed by atoms with E-state index in [0.29, 0.717) is 12.3 Å². The van der Waals surface area contributed by atoms with Crippen LogP contribution in [-0.2, 0) is 24.0 Å². The van der Waals surface area contributed by atoms with E-state index in [9.17, 15) is 14.7 Å². The summed E-state index contributed by atoms with van der Waals surface area (Å²) in [5.41, 5.74) is -0.848. The highest BCUT2D eigenvalue weighted by molar-refractivity contribution is 6.02. The number of benzene rings is 1. The van der Waals surface area contributed by atoms with Gasteiger partial charge in [-0.25, -0.2) is 19.4 Å².